The average Bonchev–Trinajstić information content (AvgIpc) is 4.06. The minimum Gasteiger partial charge on any atom is -0.309 e. The molecule has 0 saturated heterocycles. The second kappa shape index (κ2) is 12.9. The summed E-state index contributed by atoms with van der Waals surface area (Å²) in [5, 5.41) is 5.01. The SMILES string of the molecule is c1ccc(-c2ccc(-n3c4ccccc4c4ccc(-c5ccc6c7ccccc7n(-c7ccc8c(c7)C7(c9ccccc9-c9ccccc97)c7ccccc7-8)c6c5)cc43)cc2)cc1. The summed E-state index contributed by atoms with van der Waals surface area (Å²) in [7, 11) is 0. The van der Waals surface area contributed by atoms with Crippen molar-refractivity contribution in [3.63, 3.8) is 0 Å². The molecular weight excluding hydrogens is 761 g/mol. The van der Waals surface area contributed by atoms with E-state index in [0.717, 1.165) is 5.69 Å². The zero-order chi connectivity index (χ0) is 41.2. The highest BCUT2D eigenvalue weighted by molar-refractivity contribution is 6.12. The summed E-state index contributed by atoms with van der Waals surface area (Å²) in [6.07, 6.45) is 0. The number of benzene rings is 10. The number of hydrogen-bond donors (Lipinski definition) is 0. The Hall–Kier alpha value is -8.20. The van der Waals surface area contributed by atoms with Crippen molar-refractivity contribution >= 4 is 43.6 Å². The fourth-order valence-electron chi connectivity index (χ4n) is 11.5. The number of hydrogen-bond acceptors (Lipinski definition) is 0. The predicted octanol–water partition coefficient (Wildman–Crippen LogP) is 15.6. The third-order valence-electron chi connectivity index (χ3n) is 14.2. The maximum absolute atomic E-state index is 2.50. The Labute approximate surface area is 365 Å². The quantitative estimate of drug-likeness (QED) is 0.168. The molecule has 0 unspecified atom stereocenters. The molecule has 2 nitrogen and oxygen atoms in total. The highest BCUT2D eigenvalue weighted by Crippen LogP contribution is 2.63. The van der Waals surface area contributed by atoms with Crippen molar-refractivity contribution in [3.05, 3.63) is 253 Å². The van der Waals surface area contributed by atoms with Gasteiger partial charge in [0.25, 0.3) is 0 Å². The normalized spacial score (nSPS) is 13.2. The van der Waals surface area contributed by atoms with Crippen LogP contribution in [0.2, 0.25) is 0 Å². The van der Waals surface area contributed by atoms with E-state index in [-0.39, 0.29) is 0 Å². The van der Waals surface area contributed by atoms with Gasteiger partial charge in [0.15, 0.2) is 0 Å². The van der Waals surface area contributed by atoms with Crippen LogP contribution in [0, 0.1) is 0 Å². The lowest BCUT2D eigenvalue weighted by Gasteiger charge is -2.30. The summed E-state index contributed by atoms with van der Waals surface area (Å²) >= 11 is 0. The molecule has 2 aliphatic rings. The van der Waals surface area contributed by atoms with Crippen molar-refractivity contribution < 1.29 is 0 Å². The highest BCUT2D eigenvalue weighted by atomic mass is 15.0. The van der Waals surface area contributed by atoms with E-state index in [0.29, 0.717) is 0 Å². The molecule has 0 saturated carbocycles. The molecule has 0 atom stereocenters. The van der Waals surface area contributed by atoms with E-state index >= 15 is 0 Å². The first kappa shape index (κ1) is 34.5. The second-order valence-corrected chi connectivity index (χ2v) is 17.2. The van der Waals surface area contributed by atoms with Crippen molar-refractivity contribution in [3.8, 4) is 55.9 Å². The molecule has 2 heterocycles. The third kappa shape index (κ3) is 4.67. The van der Waals surface area contributed by atoms with Crippen LogP contribution in [-0.4, -0.2) is 9.13 Å². The van der Waals surface area contributed by atoms with Crippen LogP contribution in [0.5, 0.6) is 0 Å². The zero-order valence-electron chi connectivity index (χ0n) is 34.3. The summed E-state index contributed by atoms with van der Waals surface area (Å²) in [5.74, 6) is 0. The van der Waals surface area contributed by atoms with E-state index in [1.165, 1.54) is 116 Å². The molecule has 63 heavy (non-hydrogen) atoms. The monoisotopic (exact) mass is 798 g/mol. The van der Waals surface area contributed by atoms with Gasteiger partial charge in [0.05, 0.1) is 27.5 Å². The van der Waals surface area contributed by atoms with Crippen molar-refractivity contribution in [1.82, 2.24) is 9.13 Å². The van der Waals surface area contributed by atoms with Crippen LogP contribution in [0.4, 0.5) is 0 Å². The van der Waals surface area contributed by atoms with Crippen LogP contribution >= 0.6 is 0 Å². The Morgan fingerprint density at radius 3 is 1.19 bits per heavy atom. The molecule has 292 valence electrons. The fourth-order valence-corrected chi connectivity index (χ4v) is 11.5. The minimum absolute atomic E-state index is 0.408. The Bertz CT molecular complexity index is 3780. The topological polar surface area (TPSA) is 9.86 Å². The molecule has 2 aromatic heterocycles. The summed E-state index contributed by atoms with van der Waals surface area (Å²) in [4.78, 5) is 0. The molecule has 0 aliphatic heterocycles. The standard InChI is InChI=1S/C61H38N2/c1-2-14-39(15-3-1)40-26-30-43(31-27-40)62-57-24-12-7-19-49(57)51-33-28-41(36-59(51)62)42-29-34-52-50-20-8-13-25-58(50)63(60(52)37-42)44-32-35-48-47-18-6-11-23-55(47)61(56(48)38-44)53-21-9-4-16-45(53)46-17-5-10-22-54(46)61/h1-38H. The number of aromatic nitrogens is 2. The number of nitrogens with zero attached hydrogens (tertiary/aromatic N) is 2. The van der Waals surface area contributed by atoms with E-state index in [2.05, 4.69) is 240 Å². The maximum atomic E-state index is 2.50. The lowest BCUT2D eigenvalue weighted by Crippen LogP contribution is -2.26. The molecule has 2 aliphatic carbocycles. The summed E-state index contributed by atoms with van der Waals surface area (Å²) < 4.78 is 4.93. The van der Waals surface area contributed by atoms with Crippen LogP contribution < -0.4 is 0 Å². The molecule has 0 fully saturated rings. The number of rotatable bonds is 4. The summed E-state index contributed by atoms with van der Waals surface area (Å²) in [6.45, 7) is 0. The van der Waals surface area contributed by atoms with Gasteiger partial charge in [-0.3, -0.25) is 0 Å². The molecule has 0 radical (unpaired) electrons. The van der Waals surface area contributed by atoms with Gasteiger partial charge < -0.3 is 9.13 Å². The molecule has 14 rings (SSSR count). The van der Waals surface area contributed by atoms with Crippen molar-refractivity contribution in [2.45, 2.75) is 5.41 Å². The molecule has 12 aromatic rings. The van der Waals surface area contributed by atoms with Gasteiger partial charge in [0.1, 0.15) is 0 Å². The lowest BCUT2D eigenvalue weighted by molar-refractivity contribution is 0.792. The average molecular weight is 799 g/mol. The first-order chi connectivity index (χ1) is 31.3. The Morgan fingerprint density at radius 1 is 0.238 bits per heavy atom. The largest absolute Gasteiger partial charge is 0.309 e. The minimum atomic E-state index is -0.408. The molecule has 10 aromatic carbocycles. The van der Waals surface area contributed by atoms with Crippen LogP contribution in [-0.2, 0) is 5.41 Å². The van der Waals surface area contributed by atoms with Gasteiger partial charge in [-0.15, -0.1) is 0 Å². The molecule has 2 heteroatoms. The Kier molecular flexibility index (Phi) is 7.07. The fraction of sp³-hybridized carbons (Fsp3) is 0.0164. The van der Waals surface area contributed by atoms with Gasteiger partial charge >= 0.3 is 0 Å². The van der Waals surface area contributed by atoms with Crippen LogP contribution in [0.25, 0.3) is 99.5 Å². The smallest absolute Gasteiger partial charge is 0.0726 e. The molecule has 0 amide bonds. The lowest BCUT2D eigenvalue weighted by atomic mass is 9.70. The van der Waals surface area contributed by atoms with Gasteiger partial charge in [0, 0.05) is 32.9 Å². The van der Waals surface area contributed by atoms with Crippen molar-refractivity contribution in [2.24, 2.45) is 0 Å². The Morgan fingerprint density at radius 2 is 0.635 bits per heavy atom. The molecule has 0 N–H and O–H groups in total. The first-order valence-electron chi connectivity index (χ1n) is 21.9. The number of para-hydroxylation sites is 2. The van der Waals surface area contributed by atoms with E-state index < -0.39 is 5.41 Å². The molecule has 1 spiro atoms. The van der Waals surface area contributed by atoms with Crippen LogP contribution in [0.1, 0.15) is 22.3 Å². The van der Waals surface area contributed by atoms with Gasteiger partial charge in [-0.25, -0.2) is 0 Å². The van der Waals surface area contributed by atoms with E-state index in [4.69, 9.17) is 0 Å². The molecule has 0 bridgehead atoms. The van der Waals surface area contributed by atoms with Crippen LogP contribution in [0.3, 0.4) is 0 Å². The van der Waals surface area contributed by atoms with Crippen LogP contribution in [0.15, 0.2) is 231 Å². The predicted molar refractivity (Wildman–Crippen MR) is 262 cm³/mol. The van der Waals surface area contributed by atoms with Gasteiger partial charge in [-0.2, -0.15) is 0 Å². The zero-order valence-corrected chi connectivity index (χ0v) is 34.3. The maximum Gasteiger partial charge on any atom is 0.0726 e. The Balaban J connectivity index is 0.968. The summed E-state index contributed by atoms with van der Waals surface area (Å²) in [6, 6.07) is 85.8. The van der Waals surface area contributed by atoms with E-state index in [1.54, 1.807) is 0 Å². The van der Waals surface area contributed by atoms with E-state index in [1.807, 2.05) is 0 Å². The molecular formula is C61H38N2. The van der Waals surface area contributed by atoms with E-state index in [9.17, 15) is 0 Å². The van der Waals surface area contributed by atoms with Crippen molar-refractivity contribution in [1.29, 1.82) is 0 Å². The van der Waals surface area contributed by atoms with Gasteiger partial charge in [0.2, 0.25) is 0 Å². The number of fused-ring (bicyclic) bond motifs is 16. The van der Waals surface area contributed by atoms with Crippen molar-refractivity contribution in [2.75, 3.05) is 0 Å². The second-order valence-electron chi connectivity index (χ2n) is 17.2. The third-order valence-corrected chi connectivity index (χ3v) is 14.2. The summed E-state index contributed by atoms with van der Waals surface area (Å²) in [5.41, 5.74) is 22.2. The van der Waals surface area contributed by atoms with Gasteiger partial charge in [-0.1, -0.05) is 182 Å². The van der Waals surface area contributed by atoms with Gasteiger partial charge in [-0.05, 0) is 115 Å². The highest BCUT2D eigenvalue weighted by Gasteiger charge is 2.51. The first-order valence-corrected chi connectivity index (χ1v) is 21.9.